The van der Waals surface area contributed by atoms with Crippen molar-refractivity contribution in [3.05, 3.63) is 117 Å². The molecule has 0 amide bonds. The maximum absolute atomic E-state index is 13.5. The van der Waals surface area contributed by atoms with Crippen LogP contribution < -0.4 is 4.90 Å². The smallest absolute Gasteiger partial charge is 0.161 e. The van der Waals surface area contributed by atoms with Gasteiger partial charge in [-0.05, 0) is 50.5 Å². The topological polar surface area (TPSA) is 64.4 Å². The van der Waals surface area contributed by atoms with Crippen LogP contribution >= 0.6 is 11.6 Å². The fraction of sp³-hybridized carbons (Fsp3) is 0.200. The average Bonchev–Trinajstić information content (AvgIpc) is 2.84. The Morgan fingerprint density at radius 1 is 0.971 bits per heavy atom. The number of aliphatic hydroxyl groups is 1. The van der Waals surface area contributed by atoms with E-state index in [2.05, 4.69) is 0 Å². The van der Waals surface area contributed by atoms with Crippen molar-refractivity contribution < 1.29 is 9.90 Å². The van der Waals surface area contributed by atoms with Crippen LogP contribution in [0.1, 0.15) is 47.4 Å². The maximum atomic E-state index is 13.5. The second-order valence-corrected chi connectivity index (χ2v) is 9.71. The van der Waals surface area contributed by atoms with Crippen LogP contribution in [0.15, 0.2) is 89.6 Å². The van der Waals surface area contributed by atoms with Crippen molar-refractivity contribution in [1.29, 1.82) is 5.41 Å². The number of carbonyl (C=O) groups is 1. The molecule has 0 saturated carbocycles. The number of amidine groups is 1. The van der Waals surface area contributed by atoms with Crippen LogP contribution in [-0.4, -0.2) is 16.7 Å². The lowest BCUT2D eigenvalue weighted by Crippen LogP contribution is -2.42. The number of nitrogens with zero attached hydrogens (tertiary/aromatic N) is 1. The Balaban J connectivity index is 1.82. The summed E-state index contributed by atoms with van der Waals surface area (Å²) in [7, 11) is 0. The highest BCUT2D eigenvalue weighted by Gasteiger charge is 2.43. The van der Waals surface area contributed by atoms with Gasteiger partial charge in [0, 0.05) is 45.5 Å². The van der Waals surface area contributed by atoms with Gasteiger partial charge in [0.05, 0.1) is 0 Å². The lowest BCUT2D eigenvalue weighted by molar-refractivity contribution is -0.116. The second-order valence-electron chi connectivity index (χ2n) is 9.27. The average molecular weight is 483 g/mol. The largest absolute Gasteiger partial charge is 0.507 e. The number of anilines is 1. The summed E-state index contributed by atoms with van der Waals surface area (Å²) < 4.78 is 0. The molecule has 0 aromatic heterocycles. The summed E-state index contributed by atoms with van der Waals surface area (Å²) in [5.41, 5.74) is 6.30. The van der Waals surface area contributed by atoms with Gasteiger partial charge < -0.3 is 5.11 Å². The summed E-state index contributed by atoms with van der Waals surface area (Å²) in [4.78, 5) is 15.3. The first-order valence-corrected chi connectivity index (χ1v) is 12.2. The molecule has 0 bridgehead atoms. The lowest BCUT2D eigenvalue weighted by Gasteiger charge is -2.41. The summed E-state index contributed by atoms with van der Waals surface area (Å²) in [6.07, 6.45) is 1.86. The summed E-state index contributed by atoms with van der Waals surface area (Å²) in [6.45, 7) is 4.01. The molecule has 4 nitrogen and oxygen atoms in total. The van der Waals surface area contributed by atoms with Gasteiger partial charge in [0.15, 0.2) is 5.78 Å². The summed E-state index contributed by atoms with van der Waals surface area (Å²) in [5, 5.41) is 21.6. The van der Waals surface area contributed by atoms with Gasteiger partial charge in [0.2, 0.25) is 0 Å². The first kappa shape index (κ1) is 23.1. The van der Waals surface area contributed by atoms with E-state index in [1.807, 2.05) is 74.5 Å². The number of halogens is 1. The predicted molar refractivity (Wildman–Crippen MR) is 142 cm³/mol. The molecule has 1 aliphatic carbocycles. The molecule has 2 aliphatic rings. The zero-order valence-corrected chi connectivity index (χ0v) is 20.6. The minimum Gasteiger partial charge on any atom is -0.507 e. The molecule has 0 spiro atoms. The molecule has 0 saturated heterocycles. The number of nitrogens with one attached hydrogen (secondary N) is 1. The van der Waals surface area contributed by atoms with Crippen molar-refractivity contribution >= 4 is 34.7 Å². The van der Waals surface area contributed by atoms with E-state index in [4.69, 9.17) is 11.6 Å². The molecule has 3 aromatic carbocycles. The Bertz CT molecular complexity index is 1380. The third-order valence-electron chi connectivity index (χ3n) is 6.81. The van der Waals surface area contributed by atoms with Crippen LogP contribution in [0.4, 0.5) is 5.69 Å². The first-order valence-electron chi connectivity index (χ1n) is 11.8. The van der Waals surface area contributed by atoms with E-state index in [-0.39, 0.29) is 17.4 Å². The van der Waals surface area contributed by atoms with E-state index in [0.29, 0.717) is 40.3 Å². The van der Waals surface area contributed by atoms with Gasteiger partial charge in [0.25, 0.3) is 0 Å². The van der Waals surface area contributed by atoms with Gasteiger partial charge in [-0.3, -0.25) is 15.1 Å². The first-order chi connectivity index (χ1) is 16.8. The van der Waals surface area contributed by atoms with E-state index < -0.39 is 5.92 Å². The van der Waals surface area contributed by atoms with Crippen molar-refractivity contribution in [3.8, 4) is 0 Å². The Hall–Kier alpha value is -3.63. The van der Waals surface area contributed by atoms with Gasteiger partial charge in [-0.2, -0.15) is 0 Å². The van der Waals surface area contributed by atoms with E-state index in [1.54, 1.807) is 17.0 Å². The number of ketones is 1. The molecule has 0 fully saturated rings. The molecule has 1 heterocycles. The second kappa shape index (κ2) is 9.20. The van der Waals surface area contributed by atoms with Crippen molar-refractivity contribution in [3.63, 3.8) is 0 Å². The number of aryl methyl sites for hydroxylation is 2. The Morgan fingerprint density at radius 2 is 1.63 bits per heavy atom. The van der Waals surface area contributed by atoms with Crippen LogP contribution in [-0.2, 0) is 4.79 Å². The molecule has 0 radical (unpaired) electrons. The van der Waals surface area contributed by atoms with E-state index in [1.165, 1.54) is 0 Å². The number of hydrogen-bond acceptors (Lipinski definition) is 3. The number of Topliss-reactive ketones (excluding diaryl/α,β-unsaturated/α-hetero) is 1. The maximum Gasteiger partial charge on any atom is 0.161 e. The molecule has 5 rings (SSSR count). The van der Waals surface area contributed by atoms with E-state index >= 15 is 0 Å². The number of carbonyl (C=O) groups excluding carboxylic acids is 1. The van der Waals surface area contributed by atoms with Gasteiger partial charge in [-0.15, -0.1) is 0 Å². The number of allylic oxidation sites excluding steroid dienone is 2. The van der Waals surface area contributed by atoms with Crippen LogP contribution in [0.25, 0.3) is 5.76 Å². The zero-order valence-electron chi connectivity index (χ0n) is 19.8. The van der Waals surface area contributed by atoms with Crippen molar-refractivity contribution in [2.24, 2.45) is 0 Å². The quantitative estimate of drug-likeness (QED) is 0.379. The number of aliphatic hydroxyl groups excluding tert-OH is 1. The van der Waals surface area contributed by atoms with Gasteiger partial charge in [-0.25, -0.2) is 0 Å². The van der Waals surface area contributed by atoms with Crippen LogP contribution in [0.2, 0.25) is 5.02 Å². The van der Waals surface area contributed by atoms with E-state index in [9.17, 15) is 15.3 Å². The Kier molecular flexibility index (Phi) is 6.08. The summed E-state index contributed by atoms with van der Waals surface area (Å²) >= 11 is 6.32. The number of rotatable bonds is 3. The molecule has 1 aliphatic heterocycles. The molecule has 3 aromatic rings. The van der Waals surface area contributed by atoms with Crippen LogP contribution in [0.3, 0.4) is 0 Å². The molecule has 2 N–H and O–H groups in total. The van der Waals surface area contributed by atoms with E-state index in [0.717, 1.165) is 28.8 Å². The predicted octanol–water partition coefficient (Wildman–Crippen LogP) is 7.51. The molecule has 35 heavy (non-hydrogen) atoms. The number of benzene rings is 3. The summed E-state index contributed by atoms with van der Waals surface area (Å²) in [6, 6.07) is 22.9. The van der Waals surface area contributed by atoms with Crippen molar-refractivity contribution in [1.82, 2.24) is 0 Å². The minimum atomic E-state index is -0.525. The molecule has 0 unspecified atom stereocenters. The highest BCUT2D eigenvalue weighted by molar-refractivity contribution is 6.31. The third-order valence-corrected chi connectivity index (χ3v) is 7.05. The van der Waals surface area contributed by atoms with Crippen LogP contribution in [0.5, 0.6) is 0 Å². The Morgan fingerprint density at radius 3 is 2.29 bits per heavy atom. The third kappa shape index (κ3) is 4.19. The highest BCUT2D eigenvalue weighted by atomic mass is 35.5. The monoisotopic (exact) mass is 482 g/mol. The molecule has 1 atom stereocenters. The highest BCUT2D eigenvalue weighted by Crippen LogP contribution is 2.48. The Labute approximate surface area is 210 Å². The van der Waals surface area contributed by atoms with Crippen LogP contribution in [0, 0.1) is 19.3 Å². The molecular formula is C30H27ClN2O2. The zero-order chi connectivity index (χ0) is 24.7. The molecule has 5 heteroatoms. The van der Waals surface area contributed by atoms with Gasteiger partial charge >= 0.3 is 0 Å². The minimum absolute atomic E-state index is 0.0116. The number of hydrogen-bond donors (Lipinski definition) is 2. The standard InChI is InChI=1S/C30H27ClN2O2/c1-18-9-13-20(14-10-18)26-27-24(7-4-8-25(27)34)33(23-6-3-5-22(31)17-23)30(32)28(26)29(35)21-15-11-19(2)12-16-21/h3,5-6,9-17,26,32,35H,4,7-8H2,1-2H3/t26-/m0/s1. The molecule has 176 valence electrons. The summed E-state index contributed by atoms with van der Waals surface area (Å²) in [5.74, 6) is -0.296. The fourth-order valence-electron chi connectivity index (χ4n) is 5.05. The normalized spacial score (nSPS) is 19.6. The van der Waals surface area contributed by atoms with Gasteiger partial charge in [0.1, 0.15) is 11.6 Å². The van der Waals surface area contributed by atoms with Crippen molar-refractivity contribution in [2.45, 2.75) is 39.0 Å². The lowest BCUT2D eigenvalue weighted by atomic mass is 9.73. The van der Waals surface area contributed by atoms with Crippen molar-refractivity contribution in [2.75, 3.05) is 4.90 Å². The SMILES string of the molecule is Cc1ccc(C(O)=C2C(=N)N(c3cccc(Cl)c3)C3=C(C(=O)CCC3)[C@@H]2c2ccc(C)cc2)cc1. The molecular weight excluding hydrogens is 456 g/mol. The van der Waals surface area contributed by atoms with Gasteiger partial charge in [-0.1, -0.05) is 77.3 Å². The fourth-order valence-corrected chi connectivity index (χ4v) is 5.24.